The summed E-state index contributed by atoms with van der Waals surface area (Å²) < 4.78 is 46.6. The van der Waals surface area contributed by atoms with Gasteiger partial charge in [-0.1, -0.05) is 12.1 Å². The molecule has 0 aliphatic heterocycles. The van der Waals surface area contributed by atoms with E-state index in [4.69, 9.17) is 4.74 Å². The first-order valence-corrected chi connectivity index (χ1v) is 5.85. The van der Waals surface area contributed by atoms with Gasteiger partial charge >= 0.3 is 6.36 Å². The molecule has 20 heavy (non-hydrogen) atoms. The SMILES string of the molecule is COCCn1cc(-c2ccc(OC(F)(F)F)cc2)cn1. The van der Waals surface area contributed by atoms with Gasteiger partial charge in [0.1, 0.15) is 5.75 Å². The van der Waals surface area contributed by atoms with E-state index in [0.717, 1.165) is 11.1 Å². The van der Waals surface area contributed by atoms with Gasteiger partial charge in [0, 0.05) is 18.9 Å². The zero-order valence-corrected chi connectivity index (χ0v) is 10.7. The van der Waals surface area contributed by atoms with Gasteiger partial charge in [0.2, 0.25) is 0 Å². The number of alkyl halides is 3. The average molecular weight is 286 g/mol. The van der Waals surface area contributed by atoms with E-state index in [1.807, 2.05) is 0 Å². The smallest absolute Gasteiger partial charge is 0.406 e. The molecule has 1 aromatic heterocycles. The summed E-state index contributed by atoms with van der Waals surface area (Å²) in [7, 11) is 1.60. The Kier molecular flexibility index (Phi) is 4.29. The number of nitrogens with zero attached hydrogens (tertiary/aromatic N) is 2. The van der Waals surface area contributed by atoms with Gasteiger partial charge in [0.05, 0.1) is 19.3 Å². The molecule has 0 radical (unpaired) electrons. The predicted molar refractivity (Wildman–Crippen MR) is 66.2 cm³/mol. The first-order chi connectivity index (χ1) is 9.48. The molecule has 0 aliphatic rings. The summed E-state index contributed by atoms with van der Waals surface area (Å²) in [6.07, 6.45) is -1.22. The van der Waals surface area contributed by atoms with Crippen LogP contribution in [0.3, 0.4) is 0 Å². The largest absolute Gasteiger partial charge is 0.573 e. The zero-order chi connectivity index (χ0) is 14.6. The second-order valence-corrected chi connectivity index (χ2v) is 4.06. The highest BCUT2D eigenvalue weighted by atomic mass is 19.4. The Bertz CT molecular complexity index is 549. The fourth-order valence-corrected chi connectivity index (χ4v) is 1.67. The third-order valence-electron chi connectivity index (χ3n) is 2.58. The number of hydrogen-bond donors (Lipinski definition) is 0. The molecule has 4 nitrogen and oxygen atoms in total. The highest BCUT2D eigenvalue weighted by Gasteiger charge is 2.30. The van der Waals surface area contributed by atoms with E-state index in [9.17, 15) is 13.2 Å². The maximum absolute atomic E-state index is 12.0. The molecular weight excluding hydrogens is 273 g/mol. The summed E-state index contributed by atoms with van der Waals surface area (Å²) in [6, 6.07) is 5.65. The van der Waals surface area contributed by atoms with Crippen LogP contribution >= 0.6 is 0 Å². The summed E-state index contributed by atoms with van der Waals surface area (Å²) in [5.74, 6) is -0.243. The first-order valence-electron chi connectivity index (χ1n) is 5.85. The van der Waals surface area contributed by atoms with Crippen LogP contribution in [0.15, 0.2) is 36.7 Å². The summed E-state index contributed by atoms with van der Waals surface area (Å²) >= 11 is 0. The van der Waals surface area contributed by atoms with Gasteiger partial charge in [0.15, 0.2) is 0 Å². The molecule has 108 valence electrons. The number of aromatic nitrogens is 2. The molecule has 0 atom stereocenters. The molecule has 0 aliphatic carbocycles. The van der Waals surface area contributed by atoms with Gasteiger partial charge in [-0.25, -0.2) is 0 Å². The van der Waals surface area contributed by atoms with E-state index in [1.54, 1.807) is 36.3 Å². The Morgan fingerprint density at radius 3 is 2.45 bits per heavy atom. The fraction of sp³-hybridized carbons (Fsp3) is 0.308. The molecule has 0 saturated carbocycles. The summed E-state index contributed by atoms with van der Waals surface area (Å²) in [5, 5.41) is 4.14. The van der Waals surface area contributed by atoms with Crippen molar-refractivity contribution in [2.75, 3.05) is 13.7 Å². The van der Waals surface area contributed by atoms with E-state index in [0.29, 0.717) is 13.2 Å². The normalized spacial score (nSPS) is 11.6. The highest BCUT2D eigenvalue weighted by molar-refractivity contribution is 5.62. The third kappa shape index (κ3) is 3.99. The van der Waals surface area contributed by atoms with E-state index in [1.165, 1.54) is 12.1 Å². The van der Waals surface area contributed by atoms with Crippen LogP contribution in [-0.4, -0.2) is 29.9 Å². The van der Waals surface area contributed by atoms with Crippen molar-refractivity contribution >= 4 is 0 Å². The maximum atomic E-state index is 12.0. The topological polar surface area (TPSA) is 36.3 Å². The Labute approximate surface area is 113 Å². The molecule has 0 N–H and O–H groups in total. The fourth-order valence-electron chi connectivity index (χ4n) is 1.67. The predicted octanol–water partition coefficient (Wildman–Crippen LogP) is 3.10. The van der Waals surface area contributed by atoms with E-state index in [-0.39, 0.29) is 5.75 Å². The van der Waals surface area contributed by atoms with E-state index < -0.39 is 6.36 Å². The van der Waals surface area contributed by atoms with Crippen LogP contribution in [0, 0.1) is 0 Å². The average Bonchev–Trinajstić information content (AvgIpc) is 2.84. The summed E-state index contributed by atoms with van der Waals surface area (Å²) in [5.41, 5.74) is 1.59. The lowest BCUT2D eigenvalue weighted by molar-refractivity contribution is -0.274. The minimum atomic E-state index is -4.67. The van der Waals surface area contributed by atoms with Crippen LogP contribution in [0.5, 0.6) is 5.75 Å². The van der Waals surface area contributed by atoms with Crippen molar-refractivity contribution in [1.82, 2.24) is 9.78 Å². The number of benzene rings is 1. The number of halogens is 3. The van der Waals surface area contributed by atoms with Gasteiger partial charge in [-0.15, -0.1) is 13.2 Å². The molecule has 7 heteroatoms. The summed E-state index contributed by atoms with van der Waals surface area (Å²) in [4.78, 5) is 0. The van der Waals surface area contributed by atoms with Crippen LogP contribution in [0.25, 0.3) is 11.1 Å². The molecule has 1 aromatic carbocycles. The quantitative estimate of drug-likeness (QED) is 0.847. The van der Waals surface area contributed by atoms with Crippen molar-refractivity contribution < 1.29 is 22.6 Å². The molecule has 0 unspecified atom stereocenters. The van der Waals surface area contributed by atoms with Crippen LogP contribution in [0.2, 0.25) is 0 Å². The standard InChI is InChI=1S/C13H13F3N2O2/c1-19-7-6-18-9-11(8-17-18)10-2-4-12(5-3-10)20-13(14,15)16/h2-5,8-9H,6-7H2,1H3. The number of methoxy groups -OCH3 is 1. The maximum Gasteiger partial charge on any atom is 0.573 e. The second-order valence-electron chi connectivity index (χ2n) is 4.06. The number of ether oxygens (including phenoxy) is 2. The molecule has 0 fully saturated rings. The Balaban J connectivity index is 2.07. The van der Waals surface area contributed by atoms with Crippen molar-refractivity contribution in [3.05, 3.63) is 36.7 Å². The van der Waals surface area contributed by atoms with Crippen molar-refractivity contribution in [2.45, 2.75) is 12.9 Å². The Hall–Kier alpha value is -2.02. The van der Waals surface area contributed by atoms with Gasteiger partial charge in [-0.2, -0.15) is 5.10 Å². The van der Waals surface area contributed by atoms with Crippen molar-refractivity contribution in [1.29, 1.82) is 0 Å². The summed E-state index contributed by atoms with van der Waals surface area (Å²) in [6.45, 7) is 1.16. The molecule has 0 amide bonds. The van der Waals surface area contributed by atoms with Crippen LogP contribution < -0.4 is 4.74 Å². The zero-order valence-electron chi connectivity index (χ0n) is 10.7. The van der Waals surface area contributed by atoms with Crippen molar-refractivity contribution in [3.63, 3.8) is 0 Å². The van der Waals surface area contributed by atoms with Crippen LogP contribution in [0.1, 0.15) is 0 Å². The van der Waals surface area contributed by atoms with Gasteiger partial charge in [-0.05, 0) is 17.7 Å². The minimum Gasteiger partial charge on any atom is -0.406 e. The second kappa shape index (κ2) is 5.96. The highest BCUT2D eigenvalue weighted by Crippen LogP contribution is 2.26. The molecular formula is C13H13F3N2O2. The monoisotopic (exact) mass is 286 g/mol. The van der Waals surface area contributed by atoms with Gasteiger partial charge < -0.3 is 9.47 Å². The molecule has 0 spiro atoms. The van der Waals surface area contributed by atoms with E-state index >= 15 is 0 Å². The van der Waals surface area contributed by atoms with Gasteiger partial charge in [-0.3, -0.25) is 4.68 Å². The molecule has 2 aromatic rings. The van der Waals surface area contributed by atoms with Crippen LogP contribution in [0.4, 0.5) is 13.2 Å². The lowest BCUT2D eigenvalue weighted by atomic mass is 10.1. The molecule has 0 saturated heterocycles. The number of rotatable bonds is 5. The number of hydrogen-bond acceptors (Lipinski definition) is 3. The van der Waals surface area contributed by atoms with Crippen LogP contribution in [-0.2, 0) is 11.3 Å². The van der Waals surface area contributed by atoms with E-state index in [2.05, 4.69) is 9.84 Å². The molecule has 0 bridgehead atoms. The lowest BCUT2D eigenvalue weighted by Gasteiger charge is -2.08. The van der Waals surface area contributed by atoms with Gasteiger partial charge in [0.25, 0.3) is 0 Å². The van der Waals surface area contributed by atoms with Crippen molar-refractivity contribution in [2.24, 2.45) is 0 Å². The molecule has 2 rings (SSSR count). The minimum absolute atomic E-state index is 0.243. The Morgan fingerprint density at radius 1 is 1.15 bits per heavy atom. The first kappa shape index (κ1) is 14.4. The molecule has 1 heterocycles. The van der Waals surface area contributed by atoms with Crippen molar-refractivity contribution in [3.8, 4) is 16.9 Å². The Morgan fingerprint density at radius 2 is 1.85 bits per heavy atom. The lowest BCUT2D eigenvalue weighted by Crippen LogP contribution is -2.16. The third-order valence-corrected chi connectivity index (χ3v) is 2.58.